The number of carbonyl (C=O) groups is 1. The first-order valence-corrected chi connectivity index (χ1v) is 7.70. The number of carbonyl (C=O) groups excluding carboxylic acids is 1. The fraction of sp³-hybridized carbons (Fsp3) is 0.267. The van der Waals surface area contributed by atoms with Gasteiger partial charge in [-0.3, -0.25) is 0 Å². The minimum Gasteiger partial charge on any atom is -0.465 e. The van der Waals surface area contributed by atoms with Crippen LogP contribution >= 0.6 is 23.2 Å². The lowest BCUT2D eigenvalue weighted by Gasteiger charge is -2.10. The Bertz CT molecular complexity index is 844. The molecule has 5 nitrogen and oxygen atoms in total. The minimum absolute atomic E-state index is 0.246. The van der Waals surface area contributed by atoms with Gasteiger partial charge in [-0.05, 0) is 12.1 Å². The molecule has 0 aliphatic carbocycles. The van der Waals surface area contributed by atoms with Crippen LogP contribution < -0.4 is 0 Å². The van der Waals surface area contributed by atoms with Crippen molar-refractivity contribution >= 4 is 29.2 Å². The molecule has 0 saturated carbocycles. The first-order valence-electron chi connectivity index (χ1n) is 6.94. The summed E-state index contributed by atoms with van der Waals surface area (Å²) in [6, 6.07) is 1.26. The molecule has 0 fully saturated rings. The molecule has 2 aromatic rings. The second kappa shape index (κ2) is 9.39. The highest BCUT2D eigenvalue weighted by molar-refractivity contribution is 6.29. The van der Waals surface area contributed by atoms with Crippen LogP contribution in [0, 0.1) is 0 Å². The molecule has 0 aliphatic rings. The topological polar surface area (TPSA) is 72.3 Å². The number of ether oxygens (including phenoxy) is 1. The molecule has 2 rings (SSSR count). The molecule has 0 radical (unpaired) electrons. The zero-order chi connectivity index (χ0) is 21.7. The van der Waals surface area contributed by atoms with E-state index in [0.29, 0.717) is 12.1 Å². The number of nitrogens with zero attached hydrogens (tertiary/aromatic N) is 2. The van der Waals surface area contributed by atoms with E-state index < -0.39 is 41.6 Å². The molecule has 0 aliphatic heterocycles. The van der Waals surface area contributed by atoms with Crippen molar-refractivity contribution in [3.63, 3.8) is 0 Å². The molecule has 1 N–H and O–H groups in total. The van der Waals surface area contributed by atoms with Crippen molar-refractivity contribution in [1.82, 2.24) is 9.97 Å². The summed E-state index contributed by atoms with van der Waals surface area (Å²) in [4.78, 5) is 17.8. The average Bonchev–Trinajstić information content (AvgIpc) is 2.60. The first kappa shape index (κ1) is 23.9. The highest BCUT2D eigenvalue weighted by Gasteiger charge is 2.36. The number of esters is 1. The molecule has 0 aromatic carbocycles. The lowest BCUT2D eigenvalue weighted by Crippen LogP contribution is -2.14. The number of halogens is 8. The van der Waals surface area contributed by atoms with E-state index in [1.165, 1.54) is 0 Å². The summed E-state index contributed by atoms with van der Waals surface area (Å²) in [6.45, 7) is -0.709. The summed E-state index contributed by atoms with van der Waals surface area (Å²) >= 11 is 10.6. The van der Waals surface area contributed by atoms with E-state index in [2.05, 4.69) is 14.7 Å². The number of rotatable bonds is 2. The largest absolute Gasteiger partial charge is 0.465 e. The standard InChI is InChI=1S/C8H5ClF3NO2.C7H5ClF3NO/c1-15-7(14)4-3-13-6(9)2-5(4)8(10,11)12;8-6-1-5(7(9,10)11)4(3-13)2-12-6/h2-3H,1H3;1-2,13H,3H2. The minimum atomic E-state index is -4.67. The molecule has 2 heterocycles. The Labute approximate surface area is 163 Å². The zero-order valence-electron chi connectivity index (χ0n) is 13.7. The number of aromatic nitrogens is 2. The van der Waals surface area contributed by atoms with E-state index in [4.69, 9.17) is 28.3 Å². The smallest absolute Gasteiger partial charge is 0.417 e. The summed E-state index contributed by atoms with van der Waals surface area (Å²) < 4.78 is 78.1. The SMILES string of the molecule is COC(=O)c1cnc(Cl)cc1C(F)(F)F.OCc1cnc(Cl)cc1C(F)(F)F. The quantitative estimate of drug-likeness (QED) is 0.404. The van der Waals surface area contributed by atoms with Crippen molar-refractivity contribution in [1.29, 1.82) is 0 Å². The molecule has 0 unspecified atom stereocenters. The lowest BCUT2D eigenvalue weighted by atomic mass is 10.1. The number of aliphatic hydroxyl groups is 1. The number of pyridine rings is 2. The van der Waals surface area contributed by atoms with Gasteiger partial charge in [0.1, 0.15) is 10.3 Å². The van der Waals surface area contributed by atoms with Gasteiger partial charge >= 0.3 is 18.3 Å². The van der Waals surface area contributed by atoms with Gasteiger partial charge in [0.15, 0.2) is 0 Å². The number of alkyl halides is 6. The monoisotopic (exact) mass is 450 g/mol. The summed E-state index contributed by atoms with van der Waals surface area (Å²) in [7, 11) is 0.983. The van der Waals surface area contributed by atoms with Gasteiger partial charge in [-0.2, -0.15) is 26.3 Å². The maximum Gasteiger partial charge on any atom is 0.417 e. The molecular formula is C15H10Cl2F6N2O3. The van der Waals surface area contributed by atoms with E-state index in [1.54, 1.807) is 0 Å². The Balaban J connectivity index is 0.000000283. The highest BCUT2D eigenvalue weighted by Crippen LogP contribution is 2.34. The van der Waals surface area contributed by atoms with E-state index in [9.17, 15) is 31.1 Å². The van der Waals surface area contributed by atoms with Gasteiger partial charge in [0.25, 0.3) is 0 Å². The molecule has 28 heavy (non-hydrogen) atoms. The molecule has 154 valence electrons. The van der Waals surface area contributed by atoms with Gasteiger partial charge < -0.3 is 9.84 Å². The van der Waals surface area contributed by atoms with E-state index in [1.807, 2.05) is 0 Å². The van der Waals surface area contributed by atoms with Gasteiger partial charge in [0.2, 0.25) is 0 Å². The Morgan fingerprint density at radius 2 is 1.46 bits per heavy atom. The van der Waals surface area contributed by atoms with E-state index >= 15 is 0 Å². The van der Waals surface area contributed by atoms with Crippen LogP contribution in [0.4, 0.5) is 26.3 Å². The van der Waals surface area contributed by atoms with Crippen molar-refractivity contribution in [2.24, 2.45) is 0 Å². The van der Waals surface area contributed by atoms with Crippen molar-refractivity contribution in [2.45, 2.75) is 19.0 Å². The molecule has 0 saturated heterocycles. The predicted molar refractivity (Wildman–Crippen MR) is 85.8 cm³/mol. The molecule has 0 amide bonds. The van der Waals surface area contributed by atoms with Crippen molar-refractivity contribution in [3.8, 4) is 0 Å². The average molecular weight is 451 g/mol. The Morgan fingerprint density at radius 3 is 1.89 bits per heavy atom. The van der Waals surface area contributed by atoms with Crippen LogP contribution in [-0.2, 0) is 23.7 Å². The lowest BCUT2D eigenvalue weighted by molar-refractivity contribution is -0.139. The first-order chi connectivity index (χ1) is 12.8. The number of aliphatic hydroxyl groups excluding tert-OH is 1. The van der Waals surface area contributed by atoms with Crippen LogP contribution in [-0.4, -0.2) is 28.2 Å². The third-order valence-electron chi connectivity index (χ3n) is 3.01. The Kier molecular flexibility index (Phi) is 8.03. The van der Waals surface area contributed by atoms with Crippen molar-refractivity contribution < 1.29 is 41.0 Å². The van der Waals surface area contributed by atoms with Crippen LogP contribution in [0.5, 0.6) is 0 Å². The summed E-state index contributed by atoms with van der Waals surface area (Å²) in [5.41, 5.74) is -3.05. The zero-order valence-corrected chi connectivity index (χ0v) is 15.2. The fourth-order valence-corrected chi connectivity index (χ4v) is 2.10. The number of hydrogen-bond donors (Lipinski definition) is 1. The Morgan fingerprint density at radius 1 is 1.00 bits per heavy atom. The fourth-order valence-electron chi connectivity index (χ4n) is 1.79. The molecule has 0 bridgehead atoms. The summed E-state index contributed by atoms with van der Waals surface area (Å²) in [5.74, 6) is -1.11. The maximum absolute atomic E-state index is 12.4. The van der Waals surface area contributed by atoms with E-state index in [0.717, 1.165) is 19.5 Å². The number of methoxy groups -OCH3 is 1. The van der Waals surface area contributed by atoms with Gasteiger partial charge in [0, 0.05) is 18.0 Å². The second-order valence-corrected chi connectivity index (χ2v) is 5.64. The van der Waals surface area contributed by atoms with Crippen LogP contribution in [0.25, 0.3) is 0 Å². The molecule has 0 spiro atoms. The third-order valence-corrected chi connectivity index (χ3v) is 3.42. The third kappa shape index (κ3) is 6.50. The van der Waals surface area contributed by atoms with Crippen LogP contribution in [0.1, 0.15) is 27.0 Å². The molecule has 13 heteroatoms. The van der Waals surface area contributed by atoms with Crippen molar-refractivity contribution in [2.75, 3.05) is 7.11 Å². The maximum atomic E-state index is 12.4. The predicted octanol–water partition coefficient (Wildman–Crippen LogP) is 4.79. The normalized spacial score (nSPS) is 11.5. The summed E-state index contributed by atoms with van der Waals surface area (Å²) in [6.07, 6.45) is -7.54. The number of hydrogen-bond acceptors (Lipinski definition) is 5. The second-order valence-electron chi connectivity index (χ2n) is 4.86. The van der Waals surface area contributed by atoms with Gasteiger partial charge in [-0.15, -0.1) is 0 Å². The summed E-state index contributed by atoms with van der Waals surface area (Å²) in [5, 5.41) is 8.01. The van der Waals surface area contributed by atoms with Crippen molar-refractivity contribution in [3.05, 3.63) is 57.1 Å². The van der Waals surface area contributed by atoms with E-state index in [-0.39, 0.29) is 15.9 Å². The van der Waals surface area contributed by atoms with Crippen LogP contribution in [0.3, 0.4) is 0 Å². The highest BCUT2D eigenvalue weighted by atomic mass is 35.5. The van der Waals surface area contributed by atoms with Gasteiger partial charge in [-0.1, -0.05) is 23.2 Å². The van der Waals surface area contributed by atoms with Gasteiger partial charge in [-0.25, -0.2) is 14.8 Å². The molecule has 2 aromatic heterocycles. The van der Waals surface area contributed by atoms with Crippen LogP contribution in [0.15, 0.2) is 24.5 Å². The Hall–Kier alpha value is -2.11. The molecule has 0 atom stereocenters. The van der Waals surface area contributed by atoms with Crippen LogP contribution in [0.2, 0.25) is 10.3 Å². The van der Waals surface area contributed by atoms with Gasteiger partial charge in [0.05, 0.1) is 30.4 Å². The molecular weight excluding hydrogens is 441 g/mol.